The van der Waals surface area contributed by atoms with Gasteiger partial charge in [0, 0.05) is 44.4 Å². The van der Waals surface area contributed by atoms with E-state index in [0.717, 1.165) is 35.7 Å². The molecule has 3 heterocycles. The molecule has 1 aliphatic heterocycles. The van der Waals surface area contributed by atoms with E-state index >= 15 is 0 Å². The Morgan fingerprint density at radius 3 is 2.77 bits per heavy atom. The number of amides is 1. The molecule has 1 aliphatic rings. The molecule has 0 aliphatic carbocycles. The quantitative estimate of drug-likeness (QED) is 0.629. The number of carbonyl (C=O) groups excluding carboxylic acids is 1. The van der Waals surface area contributed by atoms with Crippen LogP contribution in [0.4, 0.5) is 4.39 Å². The Morgan fingerprint density at radius 1 is 1.32 bits per heavy atom. The average Bonchev–Trinajstić information content (AvgIpc) is 3.49. The van der Waals surface area contributed by atoms with Gasteiger partial charge in [0.05, 0.1) is 23.0 Å². The van der Waals surface area contributed by atoms with E-state index in [4.69, 9.17) is 4.52 Å². The third-order valence-corrected chi connectivity index (χ3v) is 5.96. The van der Waals surface area contributed by atoms with Gasteiger partial charge < -0.3 is 9.84 Å². The van der Waals surface area contributed by atoms with Gasteiger partial charge in [-0.25, -0.2) is 9.07 Å². The van der Waals surface area contributed by atoms with E-state index in [1.165, 1.54) is 12.1 Å². The smallest absolute Gasteiger partial charge is 0.227 e. The highest BCUT2D eigenvalue weighted by molar-refractivity contribution is 5.83. The molecule has 1 aromatic carbocycles. The third kappa shape index (κ3) is 4.54. The fraction of sp³-hybridized carbons (Fsp3) is 0.435. The summed E-state index contributed by atoms with van der Waals surface area (Å²) in [6, 6.07) is 8.19. The summed E-state index contributed by atoms with van der Waals surface area (Å²) < 4.78 is 20.4. The predicted molar refractivity (Wildman–Crippen MR) is 114 cm³/mol. The molecule has 2 aromatic heterocycles. The van der Waals surface area contributed by atoms with Gasteiger partial charge in [-0.05, 0) is 43.1 Å². The van der Waals surface area contributed by atoms with Crippen molar-refractivity contribution < 1.29 is 13.7 Å². The highest BCUT2D eigenvalue weighted by Gasteiger charge is 2.45. The molecule has 1 atom stereocenters. The van der Waals surface area contributed by atoms with Crippen molar-refractivity contribution in [1.82, 2.24) is 25.2 Å². The van der Waals surface area contributed by atoms with Crippen molar-refractivity contribution in [3.63, 3.8) is 0 Å². The van der Waals surface area contributed by atoms with Crippen LogP contribution in [0, 0.1) is 11.2 Å². The van der Waals surface area contributed by atoms with Crippen LogP contribution in [0.15, 0.2) is 47.2 Å². The molecule has 8 heteroatoms. The highest BCUT2D eigenvalue weighted by Crippen LogP contribution is 2.36. The van der Waals surface area contributed by atoms with Crippen molar-refractivity contribution >= 4 is 5.91 Å². The van der Waals surface area contributed by atoms with Gasteiger partial charge in [-0.15, -0.1) is 0 Å². The summed E-state index contributed by atoms with van der Waals surface area (Å²) in [6.07, 6.45) is 5.03. The lowest BCUT2D eigenvalue weighted by molar-refractivity contribution is -0.130. The maximum Gasteiger partial charge on any atom is 0.227 e. The standard InChI is InChI=1S/C23H28FN5O2/c1-16(2)21-10-20(31-27-21)11-23(22(30)25-3)8-9-28(15-23)13-17-12-26-29(14-17)19-6-4-18(24)5-7-19/h4-7,10,12,14,16H,8-9,11,13,15H2,1-3H3,(H,25,30)/t23-/m1/s1. The van der Waals surface area contributed by atoms with Crippen molar-refractivity contribution in [2.45, 2.75) is 39.2 Å². The molecule has 1 saturated heterocycles. The number of nitrogens with one attached hydrogen (secondary N) is 1. The van der Waals surface area contributed by atoms with E-state index in [-0.39, 0.29) is 17.6 Å². The third-order valence-electron chi connectivity index (χ3n) is 5.96. The summed E-state index contributed by atoms with van der Waals surface area (Å²) >= 11 is 0. The molecule has 7 nitrogen and oxygen atoms in total. The molecule has 1 fully saturated rings. The number of likely N-dealkylation sites (tertiary alicyclic amines) is 1. The van der Waals surface area contributed by atoms with Crippen LogP contribution < -0.4 is 5.32 Å². The van der Waals surface area contributed by atoms with Crippen LogP contribution in [0.25, 0.3) is 5.69 Å². The van der Waals surface area contributed by atoms with Crippen molar-refractivity contribution in [1.29, 1.82) is 0 Å². The number of carbonyl (C=O) groups is 1. The van der Waals surface area contributed by atoms with Gasteiger partial charge in [-0.3, -0.25) is 9.69 Å². The van der Waals surface area contributed by atoms with Gasteiger partial charge in [0.25, 0.3) is 0 Å². The molecule has 3 aromatic rings. The molecule has 1 amide bonds. The highest BCUT2D eigenvalue weighted by atomic mass is 19.1. The number of rotatable bonds is 7. The topological polar surface area (TPSA) is 76.2 Å². The molecule has 31 heavy (non-hydrogen) atoms. The Bertz CT molecular complexity index is 1040. The molecule has 0 spiro atoms. The van der Waals surface area contributed by atoms with Crippen molar-refractivity contribution in [2.24, 2.45) is 5.41 Å². The van der Waals surface area contributed by atoms with Gasteiger partial charge in [-0.2, -0.15) is 5.10 Å². The Balaban J connectivity index is 1.46. The molecule has 4 rings (SSSR count). The van der Waals surface area contributed by atoms with E-state index in [2.05, 4.69) is 34.3 Å². The van der Waals surface area contributed by atoms with Crippen LogP contribution >= 0.6 is 0 Å². The first-order valence-electron chi connectivity index (χ1n) is 10.6. The van der Waals surface area contributed by atoms with Gasteiger partial charge in [0.2, 0.25) is 5.91 Å². The fourth-order valence-corrected chi connectivity index (χ4v) is 4.22. The molecule has 1 N–H and O–H groups in total. The average molecular weight is 426 g/mol. The maximum atomic E-state index is 13.2. The Hall–Kier alpha value is -3.00. The van der Waals surface area contributed by atoms with Crippen molar-refractivity contribution in [3.8, 4) is 5.69 Å². The van der Waals surface area contributed by atoms with Gasteiger partial charge >= 0.3 is 0 Å². The molecule has 164 valence electrons. The lowest BCUT2D eigenvalue weighted by Crippen LogP contribution is -2.43. The summed E-state index contributed by atoms with van der Waals surface area (Å²) in [4.78, 5) is 15.1. The lowest BCUT2D eigenvalue weighted by atomic mass is 9.81. The minimum Gasteiger partial charge on any atom is -0.361 e. The molecular formula is C23H28FN5O2. The molecule has 0 bridgehead atoms. The van der Waals surface area contributed by atoms with Crippen LogP contribution in [0.3, 0.4) is 0 Å². The first kappa shape index (κ1) is 21.2. The van der Waals surface area contributed by atoms with Crippen LogP contribution in [0.2, 0.25) is 0 Å². The van der Waals surface area contributed by atoms with Crippen molar-refractivity contribution in [3.05, 3.63) is 65.6 Å². The van der Waals surface area contributed by atoms with Gasteiger partial charge in [-0.1, -0.05) is 19.0 Å². The number of hydrogen-bond donors (Lipinski definition) is 1. The normalized spacial score (nSPS) is 19.3. The second-order valence-corrected chi connectivity index (χ2v) is 8.64. The first-order chi connectivity index (χ1) is 14.9. The maximum absolute atomic E-state index is 13.2. The van der Waals surface area contributed by atoms with E-state index in [1.807, 2.05) is 18.5 Å². The molecule has 0 radical (unpaired) electrons. The number of aromatic nitrogens is 3. The van der Waals surface area contributed by atoms with E-state index in [9.17, 15) is 9.18 Å². The number of benzene rings is 1. The second kappa shape index (κ2) is 8.63. The Labute approximate surface area is 181 Å². The molecule has 0 unspecified atom stereocenters. The lowest BCUT2D eigenvalue weighted by Gasteiger charge is -2.26. The minimum absolute atomic E-state index is 0.0273. The largest absolute Gasteiger partial charge is 0.361 e. The van der Waals surface area contributed by atoms with Crippen LogP contribution in [-0.4, -0.2) is 45.9 Å². The minimum atomic E-state index is -0.546. The van der Waals surface area contributed by atoms with E-state index in [0.29, 0.717) is 19.5 Å². The zero-order valence-corrected chi connectivity index (χ0v) is 18.1. The fourth-order valence-electron chi connectivity index (χ4n) is 4.22. The number of nitrogens with zero attached hydrogens (tertiary/aromatic N) is 4. The SMILES string of the molecule is CNC(=O)[C@@]1(Cc2cc(C(C)C)no2)CCN(Cc2cnn(-c3ccc(F)cc3)c2)C1. The summed E-state index contributed by atoms with van der Waals surface area (Å²) in [5.74, 6) is 0.787. The van der Waals surface area contributed by atoms with Crippen LogP contribution in [0.5, 0.6) is 0 Å². The number of halogens is 1. The Kier molecular flexibility index (Phi) is 5.91. The van der Waals surface area contributed by atoms with Gasteiger partial charge in [0.15, 0.2) is 0 Å². The van der Waals surface area contributed by atoms with Crippen molar-refractivity contribution in [2.75, 3.05) is 20.1 Å². The monoisotopic (exact) mass is 425 g/mol. The first-order valence-corrected chi connectivity index (χ1v) is 10.6. The number of hydrogen-bond acceptors (Lipinski definition) is 5. The molecular weight excluding hydrogens is 397 g/mol. The molecule has 0 saturated carbocycles. The van der Waals surface area contributed by atoms with Crippen LogP contribution in [0.1, 0.15) is 43.2 Å². The summed E-state index contributed by atoms with van der Waals surface area (Å²) in [5, 5.41) is 11.4. The zero-order chi connectivity index (χ0) is 22.0. The van der Waals surface area contributed by atoms with E-state index < -0.39 is 5.41 Å². The van der Waals surface area contributed by atoms with Gasteiger partial charge in [0.1, 0.15) is 11.6 Å². The summed E-state index contributed by atoms with van der Waals surface area (Å²) in [5.41, 5.74) is 2.21. The van der Waals surface area contributed by atoms with Crippen LogP contribution in [-0.2, 0) is 17.8 Å². The summed E-state index contributed by atoms with van der Waals surface area (Å²) in [7, 11) is 1.68. The predicted octanol–water partition coefficient (Wildman–Crippen LogP) is 3.30. The zero-order valence-electron chi connectivity index (χ0n) is 18.1. The second-order valence-electron chi connectivity index (χ2n) is 8.64. The Morgan fingerprint density at radius 2 is 2.10 bits per heavy atom. The van der Waals surface area contributed by atoms with E-state index in [1.54, 1.807) is 23.9 Å². The summed E-state index contributed by atoms with van der Waals surface area (Å²) in [6.45, 7) is 6.26.